The van der Waals surface area contributed by atoms with Crippen LogP contribution in [0.15, 0.2) is 53.4 Å². The second-order valence-electron chi connectivity index (χ2n) is 5.35. The molecule has 1 heterocycles. The molecule has 1 aliphatic rings. The number of hydrogen-bond donors (Lipinski definition) is 1. The van der Waals surface area contributed by atoms with E-state index in [2.05, 4.69) is 5.32 Å². The van der Waals surface area contributed by atoms with Crippen LogP contribution >= 0.6 is 23.4 Å². The standard InChI is InChI=1S/C18H18ClNO2S/c19-13-5-7-14(8-6-13)23-12-10-18(21)20-16-9-11-22-17-4-2-1-3-15(16)17/h1-8,16H,9-12H2,(H,20,21)/t16-/m1/s1. The first kappa shape index (κ1) is 16.2. The Kier molecular flexibility index (Phi) is 5.47. The molecule has 2 aromatic rings. The number of nitrogens with one attached hydrogen (secondary N) is 1. The van der Waals surface area contributed by atoms with Crippen molar-refractivity contribution in [1.29, 1.82) is 0 Å². The van der Waals surface area contributed by atoms with Crippen LogP contribution in [-0.2, 0) is 4.79 Å². The van der Waals surface area contributed by atoms with Gasteiger partial charge >= 0.3 is 0 Å². The molecule has 1 amide bonds. The minimum Gasteiger partial charge on any atom is -0.493 e. The van der Waals surface area contributed by atoms with E-state index in [9.17, 15) is 4.79 Å². The van der Waals surface area contributed by atoms with Crippen molar-refractivity contribution in [2.24, 2.45) is 0 Å². The highest BCUT2D eigenvalue weighted by molar-refractivity contribution is 7.99. The van der Waals surface area contributed by atoms with E-state index in [1.807, 2.05) is 48.5 Å². The summed E-state index contributed by atoms with van der Waals surface area (Å²) in [5.41, 5.74) is 1.07. The first-order chi connectivity index (χ1) is 11.2. The van der Waals surface area contributed by atoms with Crippen LogP contribution in [0.3, 0.4) is 0 Å². The molecular weight excluding hydrogens is 330 g/mol. The number of carbonyl (C=O) groups is 1. The summed E-state index contributed by atoms with van der Waals surface area (Å²) in [4.78, 5) is 13.3. The number of halogens is 1. The van der Waals surface area contributed by atoms with Crippen molar-refractivity contribution < 1.29 is 9.53 Å². The molecule has 1 aliphatic heterocycles. The van der Waals surface area contributed by atoms with Crippen molar-refractivity contribution in [3.63, 3.8) is 0 Å². The van der Waals surface area contributed by atoms with Gasteiger partial charge in [-0.2, -0.15) is 0 Å². The lowest BCUT2D eigenvalue weighted by atomic mass is 10.0. The average Bonchev–Trinajstić information content (AvgIpc) is 2.57. The molecule has 0 spiro atoms. The van der Waals surface area contributed by atoms with E-state index < -0.39 is 0 Å². The minimum atomic E-state index is 0.0491. The van der Waals surface area contributed by atoms with Crippen LogP contribution in [0, 0.1) is 0 Å². The number of fused-ring (bicyclic) bond motifs is 1. The molecular formula is C18H18ClNO2S. The van der Waals surface area contributed by atoms with Crippen LogP contribution in [-0.4, -0.2) is 18.3 Å². The Labute approximate surface area is 145 Å². The van der Waals surface area contributed by atoms with Crippen LogP contribution in [0.2, 0.25) is 5.02 Å². The number of amides is 1. The van der Waals surface area contributed by atoms with Crippen LogP contribution in [0.5, 0.6) is 5.75 Å². The molecule has 0 unspecified atom stereocenters. The Morgan fingerprint density at radius 2 is 2.00 bits per heavy atom. The normalized spacial score (nSPS) is 16.3. The van der Waals surface area contributed by atoms with Crippen molar-refractivity contribution >= 4 is 29.3 Å². The summed E-state index contributed by atoms with van der Waals surface area (Å²) in [6.07, 6.45) is 1.31. The fourth-order valence-electron chi connectivity index (χ4n) is 2.55. The summed E-state index contributed by atoms with van der Waals surface area (Å²) >= 11 is 7.52. The number of carbonyl (C=O) groups excluding carboxylic acids is 1. The van der Waals surface area contributed by atoms with Gasteiger partial charge in [0.15, 0.2) is 0 Å². The molecule has 0 bridgehead atoms. The zero-order valence-corrected chi connectivity index (χ0v) is 14.2. The SMILES string of the molecule is O=C(CCSc1ccc(Cl)cc1)N[C@@H]1CCOc2ccccc21. The highest BCUT2D eigenvalue weighted by atomic mass is 35.5. The smallest absolute Gasteiger partial charge is 0.221 e. The lowest BCUT2D eigenvalue weighted by Crippen LogP contribution is -2.32. The Morgan fingerprint density at radius 1 is 1.22 bits per heavy atom. The van der Waals surface area contributed by atoms with E-state index in [0.717, 1.165) is 33.4 Å². The molecule has 120 valence electrons. The van der Waals surface area contributed by atoms with E-state index in [-0.39, 0.29) is 11.9 Å². The van der Waals surface area contributed by atoms with Gasteiger partial charge in [0.25, 0.3) is 0 Å². The van der Waals surface area contributed by atoms with E-state index in [1.54, 1.807) is 11.8 Å². The van der Waals surface area contributed by atoms with Crippen molar-refractivity contribution in [1.82, 2.24) is 5.32 Å². The highest BCUT2D eigenvalue weighted by Gasteiger charge is 2.22. The number of para-hydroxylation sites is 1. The zero-order valence-electron chi connectivity index (χ0n) is 12.6. The predicted octanol–water partition coefficient (Wildman–Crippen LogP) is 4.46. The van der Waals surface area contributed by atoms with Crippen LogP contribution in [0.1, 0.15) is 24.4 Å². The third-order valence-corrected chi connectivity index (χ3v) is 4.97. The molecule has 0 saturated heterocycles. The Hall–Kier alpha value is -1.65. The van der Waals surface area contributed by atoms with E-state index in [1.165, 1.54) is 0 Å². The van der Waals surface area contributed by atoms with Gasteiger partial charge in [0.05, 0.1) is 12.6 Å². The molecule has 0 fully saturated rings. The zero-order chi connectivity index (χ0) is 16.1. The lowest BCUT2D eigenvalue weighted by Gasteiger charge is -2.26. The van der Waals surface area contributed by atoms with Gasteiger partial charge in [-0.05, 0) is 30.3 Å². The average molecular weight is 348 g/mol. The molecule has 23 heavy (non-hydrogen) atoms. The number of benzene rings is 2. The van der Waals surface area contributed by atoms with Crippen LogP contribution in [0.4, 0.5) is 0 Å². The first-order valence-electron chi connectivity index (χ1n) is 7.62. The Bertz CT molecular complexity index is 675. The van der Waals surface area contributed by atoms with Crippen molar-refractivity contribution in [2.75, 3.05) is 12.4 Å². The van der Waals surface area contributed by atoms with E-state index in [0.29, 0.717) is 13.0 Å². The molecule has 0 saturated carbocycles. The molecule has 1 N–H and O–H groups in total. The monoisotopic (exact) mass is 347 g/mol. The van der Waals surface area contributed by atoms with Gasteiger partial charge < -0.3 is 10.1 Å². The fourth-order valence-corrected chi connectivity index (χ4v) is 3.53. The molecule has 0 aromatic heterocycles. The van der Waals surface area contributed by atoms with Crippen molar-refractivity contribution in [3.8, 4) is 5.75 Å². The van der Waals surface area contributed by atoms with Gasteiger partial charge in [0, 0.05) is 34.1 Å². The van der Waals surface area contributed by atoms with Gasteiger partial charge in [-0.3, -0.25) is 4.79 Å². The second-order valence-corrected chi connectivity index (χ2v) is 6.95. The van der Waals surface area contributed by atoms with Gasteiger partial charge in [0.1, 0.15) is 5.75 Å². The maximum Gasteiger partial charge on any atom is 0.221 e. The van der Waals surface area contributed by atoms with Gasteiger partial charge in [-0.25, -0.2) is 0 Å². The number of hydrogen-bond acceptors (Lipinski definition) is 3. The topological polar surface area (TPSA) is 38.3 Å². The quantitative estimate of drug-likeness (QED) is 0.811. The van der Waals surface area contributed by atoms with Gasteiger partial charge in [-0.15, -0.1) is 11.8 Å². The van der Waals surface area contributed by atoms with E-state index >= 15 is 0 Å². The summed E-state index contributed by atoms with van der Waals surface area (Å²) in [6.45, 7) is 0.640. The summed E-state index contributed by atoms with van der Waals surface area (Å²) in [6, 6.07) is 15.6. The third-order valence-electron chi connectivity index (χ3n) is 3.71. The Morgan fingerprint density at radius 3 is 2.83 bits per heavy atom. The first-order valence-corrected chi connectivity index (χ1v) is 8.98. The summed E-state index contributed by atoms with van der Waals surface area (Å²) in [5.74, 6) is 1.70. The fraction of sp³-hybridized carbons (Fsp3) is 0.278. The van der Waals surface area contributed by atoms with Crippen LogP contribution < -0.4 is 10.1 Å². The van der Waals surface area contributed by atoms with Crippen LogP contribution in [0.25, 0.3) is 0 Å². The predicted molar refractivity (Wildman–Crippen MR) is 94.2 cm³/mol. The molecule has 0 radical (unpaired) electrons. The molecule has 2 aromatic carbocycles. The lowest BCUT2D eigenvalue weighted by molar-refractivity contribution is -0.121. The summed E-state index contributed by atoms with van der Waals surface area (Å²) in [5, 5.41) is 3.84. The molecule has 3 rings (SSSR count). The highest BCUT2D eigenvalue weighted by Crippen LogP contribution is 2.31. The second kappa shape index (κ2) is 7.75. The maximum absolute atomic E-state index is 12.2. The maximum atomic E-state index is 12.2. The summed E-state index contributed by atoms with van der Waals surface area (Å²) < 4.78 is 5.62. The molecule has 5 heteroatoms. The molecule has 3 nitrogen and oxygen atoms in total. The number of ether oxygens (including phenoxy) is 1. The number of thioether (sulfide) groups is 1. The third kappa shape index (κ3) is 4.43. The van der Waals surface area contributed by atoms with Crippen molar-refractivity contribution in [2.45, 2.75) is 23.8 Å². The number of rotatable bonds is 5. The molecule has 1 atom stereocenters. The Balaban J connectivity index is 1.49. The minimum absolute atomic E-state index is 0.0491. The summed E-state index contributed by atoms with van der Waals surface area (Å²) in [7, 11) is 0. The van der Waals surface area contributed by atoms with E-state index in [4.69, 9.17) is 16.3 Å². The largest absolute Gasteiger partial charge is 0.493 e. The van der Waals surface area contributed by atoms with Gasteiger partial charge in [0.2, 0.25) is 5.91 Å². The van der Waals surface area contributed by atoms with Crippen molar-refractivity contribution in [3.05, 3.63) is 59.1 Å². The molecule has 0 aliphatic carbocycles. The van der Waals surface area contributed by atoms with Gasteiger partial charge in [-0.1, -0.05) is 29.8 Å².